The van der Waals surface area contributed by atoms with E-state index in [1.807, 2.05) is 48.5 Å². The lowest BCUT2D eigenvalue weighted by Gasteiger charge is -2.10. The molecule has 1 saturated heterocycles. The van der Waals surface area contributed by atoms with Crippen molar-refractivity contribution in [2.45, 2.75) is 31.5 Å². The highest BCUT2D eigenvalue weighted by molar-refractivity contribution is 5.17. The Bertz CT molecular complexity index is 526. The second-order valence-corrected chi connectivity index (χ2v) is 5.01. The van der Waals surface area contributed by atoms with Crippen LogP contribution in [0.25, 0.3) is 0 Å². The molecule has 0 aromatic heterocycles. The monoisotopic (exact) mass is 270 g/mol. The first-order valence-electron chi connectivity index (χ1n) is 6.88. The zero-order valence-electron chi connectivity index (χ0n) is 11.2. The Hall–Kier alpha value is -1.68. The van der Waals surface area contributed by atoms with Crippen molar-refractivity contribution in [2.24, 2.45) is 0 Å². The molecule has 0 radical (unpaired) electrons. The average Bonchev–Trinajstić information content (AvgIpc) is 3.18. The Morgan fingerprint density at radius 2 is 1.55 bits per heavy atom. The molecule has 1 aliphatic rings. The Labute approximate surface area is 118 Å². The van der Waals surface area contributed by atoms with Crippen LogP contribution in [0.3, 0.4) is 0 Å². The van der Waals surface area contributed by atoms with Gasteiger partial charge in [0.1, 0.15) is 6.10 Å². The predicted molar refractivity (Wildman–Crippen MR) is 76.0 cm³/mol. The number of epoxide rings is 1. The maximum Gasteiger partial charge on any atom is 0.187 e. The van der Waals surface area contributed by atoms with Crippen LogP contribution in [0.2, 0.25) is 0 Å². The molecule has 1 N–H and O–H groups in total. The van der Waals surface area contributed by atoms with Crippen molar-refractivity contribution in [3.05, 3.63) is 71.8 Å². The maximum absolute atomic E-state index is 9.89. The van der Waals surface area contributed by atoms with Crippen LogP contribution < -0.4 is 0 Å². The molecule has 0 saturated carbocycles. The summed E-state index contributed by atoms with van der Waals surface area (Å²) in [6.45, 7) is 0. The van der Waals surface area contributed by atoms with Crippen molar-refractivity contribution in [3.63, 3.8) is 0 Å². The number of rotatable bonds is 6. The van der Waals surface area contributed by atoms with E-state index in [1.54, 1.807) is 0 Å². The summed E-state index contributed by atoms with van der Waals surface area (Å²) in [5, 5.41) is 9.89. The van der Waals surface area contributed by atoms with E-state index < -0.39 is 6.29 Å². The second kappa shape index (κ2) is 6.18. The van der Waals surface area contributed by atoms with Gasteiger partial charge in [0.15, 0.2) is 12.6 Å². The fourth-order valence-electron chi connectivity index (χ4n) is 2.26. The maximum atomic E-state index is 9.89. The highest BCUT2D eigenvalue weighted by atomic mass is 16.8. The molecule has 1 heterocycles. The fraction of sp³-hybridized carbons (Fsp3) is 0.294. The number of aliphatic hydroxyl groups excluding tert-OH is 1. The van der Waals surface area contributed by atoms with Gasteiger partial charge in [-0.2, -0.15) is 0 Å². The smallest absolute Gasteiger partial charge is 0.187 e. The molecular formula is C17H18O3. The highest BCUT2D eigenvalue weighted by Gasteiger charge is 2.41. The minimum Gasteiger partial charge on any atom is -0.368 e. The standard InChI is InChI=1S/C17H18O3/c18-16(12-14-9-5-2-6-10-14)20-17-15(19-17)11-13-7-3-1-4-8-13/h1-10,15-18H,11-12H2. The molecule has 3 rings (SSSR count). The van der Waals surface area contributed by atoms with Crippen LogP contribution in [-0.2, 0) is 22.3 Å². The molecule has 1 fully saturated rings. The lowest BCUT2D eigenvalue weighted by Crippen LogP contribution is -2.18. The van der Waals surface area contributed by atoms with E-state index in [0.717, 1.165) is 12.0 Å². The second-order valence-electron chi connectivity index (χ2n) is 5.01. The molecule has 1 aliphatic heterocycles. The number of hydrogen-bond acceptors (Lipinski definition) is 3. The molecule has 3 nitrogen and oxygen atoms in total. The number of aliphatic hydroxyl groups is 1. The van der Waals surface area contributed by atoms with Gasteiger partial charge in [-0.3, -0.25) is 0 Å². The summed E-state index contributed by atoms with van der Waals surface area (Å²) in [5.74, 6) is 0. The van der Waals surface area contributed by atoms with E-state index in [9.17, 15) is 5.11 Å². The molecule has 3 atom stereocenters. The van der Waals surface area contributed by atoms with E-state index in [0.29, 0.717) is 6.42 Å². The van der Waals surface area contributed by atoms with Gasteiger partial charge < -0.3 is 14.6 Å². The summed E-state index contributed by atoms with van der Waals surface area (Å²) < 4.78 is 10.9. The topological polar surface area (TPSA) is 42.0 Å². The number of benzene rings is 2. The normalized spacial score (nSPS) is 22.4. The van der Waals surface area contributed by atoms with Crippen molar-refractivity contribution in [2.75, 3.05) is 0 Å². The summed E-state index contributed by atoms with van der Waals surface area (Å²) in [4.78, 5) is 0. The Balaban J connectivity index is 1.44. The molecule has 3 heteroatoms. The van der Waals surface area contributed by atoms with Crippen molar-refractivity contribution in [3.8, 4) is 0 Å². The SMILES string of the molecule is OC(Cc1ccccc1)OC1OC1Cc1ccccc1. The molecular weight excluding hydrogens is 252 g/mol. The van der Waals surface area contributed by atoms with Gasteiger partial charge in [0, 0.05) is 12.8 Å². The first-order chi connectivity index (χ1) is 9.81. The Kier molecular flexibility index (Phi) is 4.11. The minimum absolute atomic E-state index is 0.0582. The average molecular weight is 270 g/mol. The highest BCUT2D eigenvalue weighted by Crippen LogP contribution is 2.28. The quantitative estimate of drug-likeness (QED) is 0.648. The van der Waals surface area contributed by atoms with Gasteiger partial charge in [0.05, 0.1) is 0 Å². The summed E-state index contributed by atoms with van der Waals surface area (Å²) in [5.41, 5.74) is 2.28. The van der Waals surface area contributed by atoms with E-state index in [4.69, 9.17) is 9.47 Å². The third-order valence-electron chi connectivity index (χ3n) is 3.36. The summed E-state index contributed by atoms with van der Waals surface area (Å²) in [6.07, 6.45) is 0.266. The molecule has 0 aliphatic carbocycles. The molecule has 2 aromatic carbocycles. The van der Waals surface area contributed by atoms with Gasteiger partial charge in [0.25, 0.3) is 0 Å². The van der Waals surface area contributed by atoms with Crippen LogP contribution in [-0.4, -0.2) is 23.8 Å². The van der Waals surface area contributed by atoms with Crippen LogP contribution >= 0.6 is 0 Å². The van der Waals surface area contributed by atoms with Gasteiger partial charge in [-0.05, 0) is 11.1 Å². The minimum atomic E-state index is -0.817. The number of ether oxygens (including phenoxy) is 2. The Morgan fingerprint density at radius 3 is 2.20 bits per heavy atom. The largest absolute Gasteiger partial charge is 0.368 e. The van der Waals surface area contributed by atoms with Crippen molar-refractivity contribution in [1.29, 1.82) is 0 Å². The van der Waals surface area contributed by atoms with Gasteiger partial charge in [-0.25, -0.2) is 0 Å². The summed E-state index contributed by atoms with van der Waals surface area (Å²) >= 11 is 0. The first kappa shape index (κ1) is 13.3. The zero-order chi connectivity index (χ0) is 13.8. The molecule has 0 spiro atoms. The van der Waals surface area contributed by atoms with Crippen molar-refractivity contribution in [1.82, 2.24) is 0 Å². The van der Waals surface area contributed by atoms with Crippen molar-refractivity contribution >= 4 is 0 Å². The van der Waals surface area contributed by atoms with Crippen LogP contribution in [0, 0.1) is 0 Å². The van der Waals surface area contributed by atoms with Gasteiger partial charge >= 0.3 is 0 Å². The van der Waals surface area contributed by atoms with Crippen molar-refractivity contribution < 1.29 is 14.6 Å². The molecule has 3 unspecified atom stereocenters. The molecule has 0 bridgehead atoms. The first-order valence-corrected chi connectivity index (χ1v) is 6.88. The molecule has 0 amide bonds. The third kappa shape index (κ3) is 3.67. The van der Waals surface area contributed by atoms with E-state index >= 15 is 0 Å². The van der Waals surface area contributed by atoms with Crippen LogP contribution in [0.4, 0.5) is 0 Å². The zero-order valence-corrected chi connectivity index (χ0v) is 11.2. The summed E-state index contributed by atoms with van der Waals surface area (Å²) in [6, 6.07) is 20.0. The van der Waals surface area contributed by atoms with Gasteiger partial charge in [0.2, 0.25) is 0 Å². The van der Waals surface area contributed by atoms with E-state index in [-0.39, 0.29) is 12.4 Å². The number of hydrogen-bond donors (Lipinski definition) is 1. The summed E-state index contributed by atoms with van der Waals surface area (Å²) in [7, 11) is 0. The lowest BCUT2D eigenvalue weighted by atomic mass is 10.1. The molecule has 104 valence electrons. The lowest BCUT2D eigenvalue weighted by molar-refractivity contribution is -0.131. The molecule has 20 heavy (non-hydrogen) atoms. The fourth-order valence-corrected chi connectivity index (χ4v) is 2.26. The van der Waals surface area contributed by atoms with Gasteiger partial charge in [-0.1, -0.05) is 60.7 Å². The van der Waals surface area contributed by atoms with E-state index in [2.05, 4.69) is 12.1 Å². The van der Waals surface area contributed by atoms with Crippen LogP contribution in [0.5, 0.6) is 0 Å². The Morgan fingerprint density at radius 1 is 0.950 bits per heavy atom. The molecule has 2 aromatic rings. The van der Waals surface area contributed by atoms with Gasteiger partial charge in [-0.15, -0.1) is 0 Å². The van der Waals surface area contributed by atoms with Crippen LogP contribution in [0.15, 0.2) is 60.7 Å². The van der Waals surface area contributed by atoms with E-state index in [1.165, 1.54) is 5.56 Å². The van der Waals surface area contributed by atoms with Crippen LogP contribution in [0.1, 0.15) is 11.1 Å². The third-order valence-corrected chi connectivity index (χ3v) is 3.36. The predicted octanol–water partition coefficient (Wildman–Crippen LogP) is 2.53.